The summed E-state index contributed by atoms with van der Waals surface area (Å²) in [5.74, 6) is 2.00. The summed E-state index contributed by atoms with van der Waals surface area (Å²) in [5, 5.41) is 3.39. The van der Waals surface area contributed by atoms with E-state index in [1.165, 1.54) is 12.8 Å². The number of rotatable bonds is 7. The summed E-state index contributed by atoms with van der Waals surface area (Å²) in [6.45, 7) is 5.20. The second-order valence-electron chi connectivity index (χ2n) is 7.19. The molecule has 1 saturated heterocycles. The Hall–Kier alpha value is -1.58. The van der Waals surface area contributed by atoms with E-state index in [2.05, 4.69) is 20.2 Å². The van der Waals surface area contributed by atoms with Crippen molar-refractivity contribution in [2.24, 2.45) is 16.8 Å². The van der Waals surface area contributed by atoms with E-state index in [1.807, 2.05) is 19.1 Å². The minimum absolute atomic E-state index is 0. The van der Waals surface area contributed by atoms with Crippen molar-refractivity contribution in [1.29, 1.82) is 0 Å². The highest BCUT2D eigenvalue weighted by molar-refractivity contribution is 14.0. The minimum atomic E-state index is -0.107. The van der Waals surface area contributed by atoms with E-state index in [1.54, 1.807) is 13.2 Å². The van der Waals surface area contributed by atoms with Gasteiger partial charge in [0.05, 0.1) is 19.1 Å². The van der Waals surface area contributed by atoms with Crippen LogP contribution in [0.5, 0.6) is 5.88 Å². The van der Waals surface area contributed by atoms with Crippen molar-refractivity contribution in [2.75, 3.05) is 33.4 Å². The monoisotopic (exact) mass is 502 g/mol. The quantitative estimate of drug-likeness (QED) is 0.268. The SMILES string of the molecule is CCOC(=O)C1CCCN(C(=NC)NCc2ccnc(OCC3CC3)c2)C1.I. The smallest absolute Gasteiger partial charge is 0.310 e. The summed E-state index contributed by atoms with van der Waals surface area (Å²) in [6.07, 6.45) is 6.14. The van der Waals surface area contributed by atoms with Crippen LogP contribution in [0.4, 0.5) is 0 Å². The summed E-state index contributed by atoms with van der Waals surface area (Å²) in [6, 6.07) is 3.95. The van der Waals surface area contributed by atoms with E-state index in [9.17, 15) is 4.79 Å². The van der Waals surface area contributed by atoms with Crippen LogP contribution in [0.15, 0.2) is 23.3 Å². The Morgan fingerprint density at radius 2 is 2.21 bits per heavy atom. The van der Waals surface area contributed by atoms with Gasteiger partial charge in [-0.2, -0.15) is 0 Å². The lowest BCUT2D eigenvalue weighted by Gasteiger charge is -2.34. The van der Waals surface area contributed by atoms with Crippen LogP contribution in [0.1, 0.15) is 38.2 Å². The third-order valence-corrected chi connectivity index (χ3v) is 4.97. The molecule has 0 amide bonds. The zero-order valence-electron chi connectivity index (χ0n) is 16.7. The molecule has 0 aromatic carbocycles. The van der Waals surface area contributed by atoms with Gasteiger partial charge in [-0.05, 0) is 50.2 Å². The van der Waals surface area contributed by atoms with Crippen molar-refractivity contribution in [3.05, 3.63) is 23.9 Å². The van der Waals surface area contributed by atoms with Crippen LogP contribution in [0.3, 0.4) is 0 Å². The Bertz CT molecular complexity index is 667. The Morgan fingerprint density at radius 1 is 1.39 bits per heavy atom. The number of hydrogen-bond donors (Lipinski definition) is 1. The van der Waals surface area contributed by atoms with E-state index in [4.69, 9.17) is 9.47 Å². The van der Waals surface area contributed by atoms with Crippen molar-refractivity contribution >= 4 is 35.9 Å². The van der Waals surface area contributed by atoms with Crippen molar-refractivity contribution in [3.8, 4) is 5.88 Å². The molecule has 2 fully saturated rings. The van der Waals surface area contributed by atoms with E-state index in [-0.39, 0.29) is 35.9 Å². The number of carbonyl (C=O) groups is 1. The summed E-state index contributed by atoms with van der Waals surface area (Å²) in [7, 11) is 1.77. The molecule has 0 radical (unpaired) electrons. The Morgan fingerprint density at radius 3 is 2.93 bits per heavy atom. The number of aromatic nitrogens is 1. The average Bonchev–Trinajstić information content (AvgIpc) is 3.52. The maximum absolute atomic E-state index is 12.1. The van der Waals surface area contributed by atoms with Crippen LogP contribution in [-0.4, -0.2) is 55.2 Å². The number of esters is 1. The van der Waals surface area contributed by atoms with E-state index in [0.717, 1.165) is 37.5 Å². The first-order valence-electron chi connectivity index (χ1n) is 9.89. The van der Waals surface area contributed by atoms with Gasteiger partial charge in [-0.15, -0.1) is 24.0 Å². The van der Waals surface area contributed by atoms with Crippen molar-refractivity contribution < 1.29 is 14.3 Å². The average molecular weight is 502 g/mol. The van der Waals surface area contributed by atoms with Gasteiger partial charge in [-0.1, -0.05) is 0 Å². The fourth-order valence-corrected chi connectivity index (χ4v) is 3.26. The van der Waals surface area contributed by atoms with E-state index in [0.29, 0.717) is 31.5 Å². The second-order valence-corrected chi connectivity index (χ2v) is 7.19. The highest BCUT2D eigenvalue weighted by Gasteiger charge is 2.28. The molecule has 156 valence electrons. The third kappa shape index (κ3) is 6.79. The molecule has 7 nitrogen and oxygen atoms in total. The molecule has 1 unspecified atom stereocenters. The first-order chi connectivity index (χ1) is 13.2. The number of nitrogens with zero attached hydrogens (tertiary/aromatic N) is 3. The van der Waals surface area contributed by atoms with E-state index < -0.39 is 0 Å². The number of likely N-dealkylation sites (tertiary alicyclic amines) is 1. The molecular formula is C20H31IN4O3. The first-order valence-corrected chi connectivity index (χ1v) is 9.89. The summed E-state index contributed by atoms with van der Waals surface area (Å²) < 4.78 is 10.9. The standard InChI is InChI=1S/C20H30N4O3.HI/c1-3-26-19(25)17-5-4-10-24(13-17)20(21-2)23-12-16-8-9-22-18(11-16)27-14-15-6-7-15;/h8-9,11,15,17H,3-7,10,12-14H2,1-2H3,(H,21,23);1H. The molecule has 3 rings (SSSR count). The van der Waals surface area contributed by atoms with Gasteiger partial charge >= 0.3 is 5.97 Å². The van der Waals surface area contributed by atoms with Gasteiger partial charge in [0.15, 0.2) is 5.96 Å². The maximum atomic E-state index is 12.1. The molecular weight excluding hydrogens is 471 g/mol. The molecule has 1 aromatic heterocycles. The van der Waals surface area contributed by atoms with Crippen LogP contribution in [0, 0.1) is 11.8 Å². The molecule has 0 spiro atoms. The van der Waals surface area contributed by atoms with Gasteiger partial charge in [0.1, 0.15) is 0 Å². The van der Waals surface area contributed by atoms with Crippen LogP contribution >= 0.6 is 24.0 Å². The molecule has 1 saturated carbocycles. The maximum Gasteiger partial charge on any atom is 0.310 e. The Kier molecular flexibility index (Phi) is 9.27. The second kappa shape index (κ2) is 11.4. The minimum Gasteiger partial charge on any atom is -0.477 e. The molecule has 1 aliphatic carbocycles. The molecule has 1 atom stereocenters. The number of carbonyl (C=O) groups excluding carboxylic acids is 1. The van der Waals surface area contributed by atoms with Crippen LogP contribution in [0.2, 0.25) is 0 Å². The van der Waals surface area contributed by atoms with Crippen molar-refractivity contribution in [3.63, 3.8) is 0 Å². The fourth-order valence-electron chi connectivity index (χ4n) is 3.26. The summed E-state index contributed by atoms with van der Waals surface area (Å²) >= 11 is 0. The lowest BCUT2D eigenvalue weighted by Crippen LogP contribution is -2.48. The number of halogens is 1. The molecule has 1 aliphatic heterocycles. The number of pyridine rings is 1. The molecule has 1 N–H and O–H groups in total. The predicted molar refractivity (Wildman–Crippen MR) is 119 cm³/mol. The predicted octanol–water partition coefficient (Wildman–Crippen LogP) is 2.84. The van der Waals surface area contributed by atoms with E-state index >= 15 is 0 Å². The largest absolute Gasteiger partial charge is 0.477 e. The number of hydrogen-bond acceptors (Lipinski definition) is 5. The third-order valence-electron chi connectivity index (χ3n) is 4.97. The Balaban J connectivity index is 0.00000280. The lowest BCUT2D eigenvalue weighted by molar-refractivity contribution is -0.149. The van der Waals surface area contributed by atoms with Crippen molar-refractivity contribution in [1.82, 2.24) is 15.2 Å². The molecule has 2 aliphatic rings. The molecule has 2 heterocycles. The van der Waals surface area contributed by atoms with Crippen LogP contribution in [-0.2, 0) is 16.1 Å². The van der Waals surface area contributed by atoms with Gasteiger partial charge in [-0.3, -0.25) is 9.79 Å². The number of piperidine rings is 1. The van der Waals surface area contributed by atoms with Crippen LogP contribution < -0.4 is 10.1 Å². The number of ether oxygens (including phenoxy) is 2. The fraction of sp³-hybridized carbons (Fsp3) is 0.650. The van der Waals surface area contributed by atoms with Crippen molar-refractivity contribution in [2.45, 2.75) is 39.2 Å². The lowest BCUT2D eigenvalue weighted by atomic mass is 9.98. The van der Waals surface area contributed by atoms with Crippen LogP contribution in [0.25, 0.3) is 0 Å². The molecule has 1 aromatic rings. The number of nitrogens with one attached hydrogen (secondary N) is 1. The molecule has 0 bridgehead atoms. The molecule has 8 heteroatoms. The summed E-state index contributed by atoms with van der Waals surface area (Å²) in [5.41, 5.74) is 1.09. The summed E-state index contributed by atoms with van der Waals surface area (Å²) in [4.78, 5) is 22.9. The number of guanidine groups is 1. The van der Waals surface area contributed by atoms with Gasteiger partial charge in [-0.25, -0.2) is 4.98 Å². The topological polar surface area (TPSA) is 76.0 Å². The zero-order chi connectivity index (χ0) is 19.1. The zero-order valence-corrected chi connectivity index (χ0v) is 19.1. The molecule has 28 heavy (non-hydrogen) atoms. The highest BCUT2D eigenvalue weighted by Crippen LogP contribution is 2.29. The van der Waals surface area contributed by atoms with Gasteiger partial charge in [0.2, 0.25) is 5.88 Å². The first kappa shape index (κ1) is 22.7. The van der Waals surface area contributed by atoms with Gasteiger partial charge < -0.3 is 19.7 Å². The normalized spacial score (nSPS) is 19.6. The van der Waals surface area contributed by atoms with Gasteiger partial charge in [0.25, 0.3) is 0 Å². The highest BCUT2D eigenvalue weighted by atomic mass is 127. The van der Waals surface area contributed by atoms with Gasteiger partial charge in [0, 0.05) is 38.9 Å². The number of aliphatic imine (C=N–C) groups is 1. The Labute approximate surface area is 184 Å².